The van der Waals surface area contributed by atoms with Crippen molar-refractivity contribution < 1.29 is 4.39 Å². The van der Waals surface area contributed by atoms with Gasteiger partial charge in [0, 0.05) is 12.6 Å². The van der Waals surface area contributed by atoms with Gasteiger partial charge in [-0.1, -0.05) is 32.9 Å². The van der Waals surface area contributed by atoms with E-state index in [4.69, 9.17) is 0 Å². The first-order valence-electron chi connectivity index (χ1n) is 7.20. The molecule has 1 aromatic carbocycles. The molecule has 0 fully saturated rings. The van der Waals surface area contributed by atoms with Gasteiger partial charge >= 0.3 is 0 Å². The van der Waals surface area contributed by atoms with Gasteiger partial charge in [0.05, 0.1) is 0 Å². The number of thioether (sulfide) groups is 1. The quantitative estimate of drug-likeness (QED) is 0.672. The van der Waals surface area contributed by atoms with Crippen molar-refractivity contribution in [3.05, 3.63) is 35.6 Å². The summed E-state index contributed by atoms with van der Waals surface area (Å²) in [7, 11) is 0. The summed E-state index contributed by atoms with van der Waals surface area (Å²) >= 11 is 1.98. The summed E-state index contributed by atoms with van der Waals surface area (Å²) in [4.78, 5) is 0. The summed E-state index contributed by atoms with van der Waals surface area (Å²) in [5, 5.41) is 3.48. The zero-order valence-electron chi connectivity index (χ0n) is 12.3. The molecule has 1 N–H and O–H groups in total. The molecule has 1 unspecified atom stereocenters. The molecule has 0 amide bonds. The Labute approximate surface area is 121 Å². The maximum atomic E-state index is 13.3. The van der Waals surface area contributed by atoms with Crippen LogP contribution in [-0.4, -0.2) is 24.1 Å². The third-order valence-corrected chi connectivity index (χ3v) is 4.12. The summed E-state index contributed by atoms with van der Waals surface area (Å²) in [5.41, 5.74) is 1.12. The van der Waals surface area contributed by atoms with Crippen molar-refractivity contribution >= 4 is 11.8 Å². The highest BCUT2D eigenvalue weighted by molar-refractivity contribution is 7.99. The van der Waals surface area contributed by atoms with Gasteiger partial charge < -0.3 is 5.32 Å². The van der Waals surface area contributed by atoms with E-state index < -0.39 is 0 Å². The lowest BCUT2D eigenvalue weighted by molar-refractivity contribution is 0.503. The Morgan fingerprint density at radius 3 is 2.74 bits per heavy atom. The molecule has 0 aliphatic carbocycles. The molecular weight excluding hydrogens is 257 g/mol. The van der Waals surface area contributed by atoms with Crippen LogP contribution >= 0.6 is 11.8 Å². The Morgan fingerprint density at radius 1 is 1.32 bits per heavy atom. The van der Waals surface area contributed by atoms with Gasteiger partial charge in [-0.2, -0.15) is 11.8 Å². The fourth-order valence-corrected chi connectivity index (χ4v) is 2.76. The summed E-state index contributed by atoms with van der Waals surface area (Å²) in [6, 6.07) is 7.53. The number of hydrogen-bond acceptors (Lipinski definition) is 2. The SMILES string of the molecule is CCSCCCC(CNC(C)C)c1cccc(F)c1. The van der Waals surface area contributed by atoms with Crippen LogP contribution in [-0.2, 0) is 0 Å². The van der Waals surface area contributed by atoms with E-state index >= 15 is 0 Å². The van der Waals surface area contributed by atoms with Crippen LogP contribution in [0, 0.1) is 5.82 Å². The first-order valence-corrected chi connectivity index (χ1v) is 8.35. The van der Waals surface area contributed by atoms with Crippen molar-refractivity contribution in [2.75, 3.05) is 18.1 Å². The molecule has 19 heavy (non-hydrogen) atoms. The standard InChI is InChI=1S/C16H26FNS/c1-4-19-10-6-8-15(12-18-13(2)3)14-7-5-9-16(17)11-14/h5,7,9,11,13,15,18H,4,6,8,10,12H2,1-3H3. The first kappa shape index (κ1) is 16.5. The minimum absolute atomic E-state index is 0.130. The van der Waals surface area contributed by atoms with Crippen molar-refractivity contribution in [2.45, 2.75) is 45.6 Å². The lowest BCUT2D eigenvalue weighted by Crippen LogP contribution is -2.28. The van der Waals surface area contributed by atoms with Gasteiger partial charge in [0.15, 0.2) is 0 Å². The molecule has 3 heteroatoms. The second-order valence-corrected chi connectivity index (χ2v) is 6.55. The zero-order chi connectivity index (χ0) is 14.1. The summed E-state index contributed by atoms with van der Waals surface area (Å²) in [6.07, 6.45) is 2.32. The van der Waals surface area contributed by atoms with Crippen LogP contribution in [0.4, 0.5) is 4.39 Å². The van der Waals surface area contributed by atoms with Crippen LogP contribution in [0.15, 0.2) is 24.3 Å². The first-order chi connectivity index (χ1) is 9.13. The molecule has 0 spiro atoms. The average molecular weight is 283 g/mol. The number of benzene rings is 1. The molecule has 0 radical (unpaired) electrons. The smallest absolute Gasteiger partial charge is 0.123 e. The average Bonchev–Trinajstić information content (AvgIpc) is 2.37. The topological polar surface area (TPSA) is 12.0 Å². The Kier molecular flexibility index (Phi) is 8.15. The van der Waals surface area contributed by atoms with E-state index in [1.165, 1.54) is 24.0 Å². The van der Waals surface area contributed by atoms with Gasteiger partial charge in [-0.15, -0.1) is 0 Å². The highest BCUT2D eigenvalue weighted by Crippen LogP contribution is 2.22. The third kappa shape index (κ3) is 6.98. The minimum atomic E-state index is -0.130. The molecule has 0 saturated heterocycles. The number of rotatable bonds is 9. The van der Waals surface area contributed by atoms with Crippen LogP contribution in [0.2, 0.25) is 0 Å². The molecule has 0 heterocycles. The van der Waals surface area contributed by atoms with E-state index in [1.54, 1.807) is 6.07 Å². The summed E-state index contributed by atoms with van der Waals surface area (Å²) in [6.45, 7) is 7.41. The van der Waals surface area contributed by atoms with Gasteiger partial charge in [-0.3, -0.25) is 0 Å². The van der Waals surface area contributed by atoms with Crippen molar-refractivity contribution in [3.63, 3.8) is 0 Å². The highest BCUT2D eigenvalue weighted by Gasteiger charge is 2.12. The van der Waals surface area contributed by atoms with E-state index in [0.717, 1.165) is 18.5 Å². The molecule has 0 bridgehead atoms. The van der Waals surface area contributed by atoms with E-state index in [2.05, 4.69) is 26.1 Å². The van der Waals surface area contributed by atoms with Gasteiger partial charge in [-0.05, 0) is 48.0 Å². The van der Waals surface area contributed by atoms with Gasteiger partial charge in [0.25, 0.3) is 0 Å². The highest BCUT2D eigenvalue weighted by atomic mass is 32.2. The predicted octanol–water partition coefficient (Wildman–Crippen LogP) is 4.44. The number of nitrogens with one attached hydrogen (secondary N) is 1. The second-order valence-electron chi connectivity index (χ2n) is 5.15. The van der Waals surface area contributed by atoms with Crippen molar-refractivity contribution in [3.8, 4) is 0 Å². The van der Waals surface area contributed by atoms with Gasteiger partial charge in [0.1, 0.15) is 5.82 Å². The van der Waals surface area contributed by atoms with E-state index in [0.29, 0.717) is 12.0 Å². The Bertz CT molecular complexity index is 354. The van der Waals surface area contributed by atoms with Crippen LogP contribution in [0.3, 0.4) is 0 Å². The Hall–Kier alpha value is -0.540. The predicted molar refractivity (Wildman–Crippen MR) is 84.5 cm³/mol. The van der Waals surface area contributed by atoms with Crippen molar-refractivity contribution in [1.82, 2.24) is 5.32 Å². The van der Waals surface area contributed by atoms with E-state index in [-0.39, 0.29) is 5.82 Å². The van der Waals surface area contributed by atoms with Crippen LogP contribution in [0.5, 0.6) is 0 Å². The molecule has 1 aromatic rings. The van der Waals surface area contributed by atoms with Crippen molar-refractivity contribution in [1.29, 1.82) is 0 Å². The molecular formula is C16H26FNS. The monoisotopic (exact) mass is 283 g/mol. The largest absolute Gasteiger partial charge is 0.314 e. The van der Waals surface area contributed by atoms with Crippen LogP contribution in [0.25, 0.3) is 0 Å². The normalized spacial score (nSPS) is 12.9. The number of halogens is 1. The molecule has 1 rings (SSSR count). The Morgan fingerprint density at radius 2 is 2.11 bits per heavy atom. The lowest BCUT2D eigenvalue weighted by Gasteiger charge is -2.20. The Balaban J connectivity index is 2.57. The van der Waals surface area contributed by atoms with Crippen LogP contribution < -0.4 is 5.32 Å². The lowest BCUT2D eigenvalue weighted by atomic mass is 9.94. The molecule has 1 atom stereocenters. The summed E-state index contributed by atoms with van der Waals surface area (Å²) < 4.78 is 13.3. The maximum Gasteiger partial charge on any atom is 0.123 e. The van der Waals surface area contributed by atoms with E-state index in [1.807, 2.05) is 23.9 Å². The molecule has 1 nitrogen and oxygen atoms in total. The molecule has 0 aliphatic rings. The second kappa shape index (κ2) is 9.38. The molecule has 0 saturated carbocycles. The molecule has 0 aromatic heterocycles. The zero-order valence-corrected chi connectivity index (χ0v) is 13.1. The summed E-state index contributed by atoms with van der Waals surface area (Å²) in [5.74, 6) is 2.66. The fraction of sp³-hybridized carbons (Fsp3) is 0.625. The fourth-order valence-electron chi connectivity index (χ4n) is 2.10. The van der Waals surface area contributed by atoms with Crippen molar-refractivity contribution in [2.24, 2.45) is 0 Å². The van der Waals surface area contributed by atoms with Crippen LogP contribution in [0.1, 0.15) is 45.1 Å². The van der Waals surface area contributed by atoms with Gasteiger partial charge in [-0.25, -0.2) is 4.39 Å². The molecule has 0 aliphatic heterocycles. The maximum absolute atomic E-state index is 13.3. The van der Waals surface area contributed by atoms with Gasteiger partial charge in [0.2, 0.25) is 0 Å². The minimum Gasteiger partial charge on any atom is -0.314 e. The third-order valence-electron chi connectivity index (χ3n) is 3.14. The molecule has 108 valence electrons. The van der Waals surface area contributed by atoms with E-state index in [9.17, 15) is 4.39 Å². The number of hydrogen-bond donors (Lipinski definition) is 1.